The minimum atomic E-state index is -0.877. The van der Waals surface area contributed by atoms with Gasteiger partial charge in [0.25, 0.3) is 5.91 Å². The molecule has 0 aromatic heterocycles. The molecular weight excluding hydrogens is 282 g/mol. The number of nitrogens with one attached hydrogen (secondary N) is 1. The average molecular weight is 305 g/mol. The van der Waals surface area contributed by atoms with Crippen molar-refractivity contribution in [1.82, 2.24) is 5.32 Å². The molecule has 0 heterocycles. The zero-order valence-corrected chi connectivity index (χ0v) is 13.1. The van der Waals surface area contributed by atoms with Crippen LogP contribution in [0, 0.1) is 13.8 Å². The molecule has 1 saturated carbocycles. The first-order valence-electron chi connectivity index (χ1n) is 7.63. The summed E-state index contributed by atoms with van der Waals surface area (Å²) in [6.07, 6.45) is 3.31. The van der Waals surface area contributed by atoms with Crippen LogP contribution in [0.1, 0.15) is 43.2 Å². The van der Waals surface area contributed by atoms with Gasteiger partial charge in [0, 0.05) is 0 Å². The van der Waals surface area contributed by atoms with Crippen molar-refractivity contribution in [3.63, 3.8) is 0 Å². The first-order chi connectivity index (χ1) is 10.4. The Bertz CT molecular complexity index is 562. The van der Waals surface area contributed by atoms with E-state index in [-0.39, 0.29) is 18.9 Å². The fourth-order valence-electron chi connectivity index (χ4n) is 3.03. The fourth-order valence-corrected chi connectivity index (χ4v) is 3.03. The van der Waals surface area contributed by atoms with E-state index in [0.717, 1.165) is 24.0 Å². The molecule has 1 aromatic carbocycles. The summed E-state index contributed by atoms with van der Waals surface area (Å²) >= 11 is 0. The topological polar surface area (TPSA) is 75.6 Å². The van der Waals surface area contributed by atoms with Crippen LogP contribution in [-0.4, -0.2) is 29.1 Å². The maximum atomic E-state index is 12.1. The molecule has 0 bridgehead atoms. The SMILES string of the molecule is Cc1ccc(C)c(OCC(=O)NC2(CC(=O)O)CCCC2)c1. The summed E-state index contributed by atoms with van der Waals surface area (Å²) in [7, 11) is 0. The Balaban J connectivity index is 1.94. The Morgan fingerprint density at radius 3 is 2.59 bits per heavy atom. The second-order valence-corrected chi connectivity index (χ2v) is 6.16. The molecule has 2 N–H and O–H groups in total. The van der Waals surface area contributed by atoms with Crippen molar-refractivity contribution in [3.8, 4) is 5.75 Å². The lowest BCUT2D eigenvalue weighted by molar-refractivity contribution is -0.139. The molecule has 0 atom stereocenters. The van der Waals surface area contributed by atoms with Crippen molar-refractivity contribution in [3.05, 3.63) is 29.3 Å². The lowest BCUT2D eigenvalue weighted by atomic mass is 9.93. The summed E-state index contributed by atoms with van der Waals surface area (Å²) in [6, 6.07) is 5.83. The first kappa shape index (κ1) is 16.3. The van der Waals surface area contributed by atoms with Gasteiger partial charge < -0.3 is 15.2 Å². The number of amides is 1. The summed E-state index contributed by atoms with van der Waals surface area (Å²) < 4.78 is 5.58. The molecule has 1 aliphatic carbocycles. The molecule has 5 nitrogen and oxygen atoms in total. The zero-order valence-electron chi connectivity index (χ0n) is 13.1. The number of carboxylic acids is 1. The maximum Gasteiger partial charge on any atom is 0.305 e. The summed E-state index contributed by atoms with van der Waals surface area (Å²) in [5.41, 5.74) is 1.44. The van der Waals surface area contributed by atoms with Crippen LogP contribution in [0.4, 0.5) is 0 Å². The van der Waals surface area contributed by atoms with Crippen molar-refractivity contribution in [2.75, 3.05) is 6.61 Å². The Morgan fingerprint density at radius 2 is 1.95 bits per heavy atom. The Morgan fingerprint density at radius 1 is 1.27 bits per heavy atom. The molecule has 1 amide bonds. The number of benzene rings is 1. The number of aliphatic carboxylic acids is 1. The highest BCUT2D eigenvalue weighted by atomic mass is 16.5. The van der Waals surface area contributed by atoms with Crippen LogP contribution in [-0.2, 0) is 9.59 Å². The van der Waals surface area contributed by atoms with Crippen LogP contribution in [0.5, 0.6) is 5.75 Å². The number of hydrogen-bond acceptors (Lipinski definition) is 3. The summed E-state index contributed by atoms with van der Waals surface area (Å²) in [5.74, 6) is -0.449. The van der Waals surface area contributed by atoms with E-state index in [0.29, 0.717) is 18.6 Å². The fraction of sp³-hybridized carbons (Fsp3) is 0.529. The monoisotopic (exact) mass is 305 g/mol. The Labute approximate surface area is 130 Å². The van der Waals surface area contributed by atoms with Gasteiger partial charge in [0.2, 0.25) is 0 Å². The van der Waals surface area contributed by atoms with Gasteiger partial charge in [0.05, 0.1) is 12.0 Å². The molecule has 0 saturated heterocycles. The van der Waals surface area contributed by atoms with Crippen molar-refractivity contribution in [1.29, 1.82) is 0 Å². The number of carbonyl (C=O) groups excluding carboxylic acids is 1. The number of rotatable bonds is 6. The smallest absolute Gasteiger partial charge is 0.305 e. The van der Waals surface area contributed by atoms with E-state index >= 15 is 0 Å². The van der Waals surface area contributed by atoms with Gasteiger partial charge in [0.1, 0.15) is 5.75 Å². The molecule has 22 heavy (non-hydrogen) atoms. The molecule has 120 valence electrons. The third kappa shape index (κ3) is 4.23. The van der Waals surface area contributed by atoms with E-state index in [9.17, 15) is 9.59 Å². The van der Waals surface area contributed by atoms with Gasteiger partial charge >= 0.3 is 5.97 Å². The number of aryl methyl sites for hydroxylation is 2. The number of hydrogen-bond donors (Lipinski definition) is 2. The van der Waals surface area contributed by atoms with Gasteiger partial charge in [-0.15, -0.1) is 0 Å². The minimum Gasteiger partial charge on any atom is -0.483 e. The molecule has 0 unspecified atom stereocenters. The molecule has 1 aromatic rings. The second-order valence-electron chi connectivity index (χ2n) is 6.16. The zero-order chi connectivity index (χ0) is 16.2. The molecule has 0 radical (unpaired) electrons. The minimum absolute atomic E-state index is 0.0256. The molecule has 0 aliphatic heterocycles. The van der Waals surface area contributed by atoms with E-state index in [1.54, 1.807) is 0 Å². The van der Waals surface area contributed by atoms with E-state index < -0.39 is 11.5 Å². The molecule has 5 heteroatoms. The number of carboxylic acid groups (broad SMARTS) is 1. The van der Waals surface area contributed by atoms with Gasteiger partial charge in [-0.3, -0.25) is 9.59 Å². The Kier molecular flexibility index (Phi) is 5.06. The van der Waals surface area contributed by atoms with Crippen molar-refractivity contribution in [2.45, 2.75) is 51.5 Å². The lowest BCUT2D eigenvalue weighted by Gasteiger charge is -2.28. The van der Waals surface area contributed by atoms with Gasteiger partial charge in [0.15, 0.2) is 6.61 Å². The van der Waals surface area contributed by atoms with Crippen molar-refractivity contribution in [2.24, 2.45) is 0 Å². The van der Waals surface area contributed by atoms with Crippen LogP contribution >= 0.6 is 0 Å². The predicted octanol–water partition coefficient (Wildman–Crippen LogP) is 2.59. The molecule has 0 spiro atoms. The standard InChI is InChI=1S/C17H23NO4/c1-12-5-6-13(2)14(9-12)22-11-15(19)18-17(10-16(20)21)7-3-4-8-17/h5-6,9H,3-4,7-8,10-11H2,1-2H3,(H,18,19)(H,20,21). The lowest BCUT2D eigenvalue weighted by Crippen LogP contribution is -2.49. The third-order valence-corrected chi connectivity index (χ3v) is 4.16. The maximum absolute atomic E-state index is 12.1. The number of ether oxygens (including phenoxy) is 1. The molecule has 1 aliphatic rings. The first-order valence-corrected chi connectivity index (χ1v) is 7.63. The quantitative estimate of drug-likeness (QED) is 0.847. The van der Waals surface area contributed by atoms with Crippen LogP contribution < -0.4 is 10.1 Å². The highest BCUT2D eigenvalue weighted by Gasteiger charge is 2.37. The molecule has 2 rings (SSSR count). The van der Waals surface area contributed by atoms with Gasteiger partial charge in [-0.2, -0.15) is 0 Å². The molecule has 1 fully saturated rings. The normalized spacial score (nSPS) is 16.3. The number of carbonyl (C=O) groups is 2. The second kappa shape index (κ2) is 6.81. The summed E-state index contributed by atoms with van der Waals surface area (Å²) in [6.45, 7) is 3.80. The van der Waals surface area contributed by atoms with Gasteiger partial charge in [-0.05, 0) is 43.9 Å². The summed E-state index contributed by atoms with van der Waals surface area (Å²) in [4.78, 5) is 23.1. The highest BCUT2D eigenvalue weighted by Crippen LogP contribution is 2.32. The van der Waals surface area contributed by atoms with E-state index in [1.165, 1.54) is 0 Å². The Hall–Kier alpha value is -2.04. The predicted molar refractivity (Wildman–Crippen MR) is 83.0 cm³/mol. The highest BCUT2D eigenvalue weighted by molar-refractivity contribution is 5.79. The van der Waals surface area contributed by atoms with Gasteiger partial charge in [-0.1, -0.05) is 25.0 Å². The van der Waals surface area contributed by atoms with E-state index in [1.807, 2.05) is 32.0 Å². The van der Waals surface area contributed by atoms with Crippen molar-refractivity contribution >= 4 is 11.9 Å². The molecular formula is C17H23NO4. The van der Waals surface area contributed by atoms with Gasteiger partial charge in [-0.25, -0.2) is 0 Å². The summed E-state index contributed by atoms with van der Waals surface area (Å²) in [5, 5.41) is 11.9. The van der Waals surface area contributed by atoms with Crippen LogP contribution in [0.3, 0.4) is 0 Å². The van der Waals surface area contributed by atoms with E-state index in [2.05, 4.69) is 5.32 Å². The third-order valence-electron chi connectivity index (χ3n) is 4.16. The largest absolute Gasteiger partial charge is 0.483 e. The average Bonchev–Trinajstić information content (AvgIpc) is 2.87. The van der Waals surface area contributed by atoms with Crippen molar-refractivity contribution < 1.29 is 19.4 Å². The van der Waals surface area contributed by atoms with Crippen LogP contribution in [0.25, 0.3) is 0 Å². The van der Waals surface area contributed by atoms with Crippen LogP contribution in [0.15, 0.2) is 18.2 Å². The van der Waals surface area contributed by atoms with E-state index in [4.69, 9.17) is 9.84 Å². The van der Waals surface area contributed by atoms with Crippen LogP contribution in [0.2, 0.25) is 0 Å².